The number of carbonyl (C=O) groups excluding carboxylic acids is 1. The van der Waals surface area contributed by atoms with Crippen LogP contribution in [0.15, 0.2) is 18.2 Å². The van der Waals surface area contributed by atoms with Gasteiger partial charge in [0.05, 0.1) is 11.2 Å². The predicted octanol–water partition coefficient (Wildman–Crippen LogP) is 2.37. The molecule has 0 unspecified atom stereocenters. The molecule has 1 aromatic carbocycles. The number of nitrogens with zero attached hydrogens (tertiary/aromatic N) is 6. The van der Waals surface area contributed by atoms with Gasteiger partial charge in [-0.2, -0.15) is 5.10 Å². The van der Waals surface area contributed by atoms with Gasteiger partial charge in [0.25, 0.3) is 5.91 Å². The van der Waals surface area contributed by atoms with Crippen LogP contribution in [0.25, 0.3) is 11.0 Å². The Morgan fingerprint density at radius 1 is 1.20 bits per heavy atom. The van der Waals surface area contributed by atoms with Gasteiger partial charge in [0.1, 0.15) is 5.52 Å². The second-order valence-electron chi connectivity index (χ2n) is 6.72. The van der Waals surface area contributed by atoms with Gasteiger partial charge in [-0.3, -0.25) is 9.48 Å². The quantitative estimate of drug-likeness (QED) is 0.731. The van der Waals surface area contributed by atoms with Crippen molar-refractivity contribution >= 4 is 16.9 Å². The summed E-state index contributed by atoms with van der Waals surface area (Å²) >= 11 is 0. The highest BCUT2D eigenvalue weighted by molar-refractivity contribution is 5.97. The molecule has 7 heteroatoms. The third-order valence-corrected chi connectivity index (χ3v) is 4.73. The molecule has 0 aliphatic heterocycles. The van der Waals surface area contributed by atoms with Crippen LogP contribution in [0, 0.1) is 13.8 Å². The Bertz CT molecular complexity index is 937. The van der Waals surface area contributed by atoms with Crippen molar-refractivity contribution < 1.29 is 4.79 Å². The van der Waals surface area contributed by atoms with Gasteiger partial charge in [-0.15, -0.1) is 5.10 Å². The maximum absolute atomic E-state index is 13.1. The maximum Gasteiger partial charge on any atom is 0.254 e. The molecule has 0 radical (unpaired) electrons. The number of benzene rings is 1. The number of hydrogen-bond donors (Lipinski definition) is 0. The van der Waals surface area contributed by atoms with Gasteiger partial charge in [0.2, 0.25) is 0 Å². The zero-order valence-electron chi connectivity index (χ0n) is 15.6. The van der Waals surface area contributed by atoms with Crippen molar-refractivity contribution in [1.82, 2.24) is 29.7 Å². The number of aromatic nitrogens is 5. The topological polar surface area (TPSA) is 68.8 Å². The first kappa shape index (κ1) is 17.1. The standard InChI is InChI=1S/C18H24N6O/c1-11(2)24(10-15-12(3)20-22(5)13(15)4)18(25)14-7-8-17-16(9-14)19-21-23(17)6/h7-9,11H,10H2,1-6H3. The lowest BCUT2D eigenvalue weighted by Gasteiger charge is -2.27. The highest BCUT2D eigenvalue weighted by Gasteiger charge is 2.23. The fraction of sp³-hybridized carbons (Fsp3) is 0.444. The van der Waals surface area contributed by atoms with Gasteiger partial charge in [-0.1, -0.05) is 5.21 Å². The second-order valence-corrected chi connectivity index (χ2v) is 6.72. The minimum absolute atomic E-state index is 0.00907. The number of rotatable bonds is 4. The fourth-order valence-electron chi connectivity index (χ4n) is 3.05. The van der Waals surface area contributed by atoms with Crippen LogP contribution in [0.2, 0.25) is 0 Å². The molecule has 132 valence electrons. The molecule has 0 saturated heterocycles. The van der Waals surface area contributed by atoms with E-state index in [9.17, 15) is 4.79 Å². The number of hydrogen-bond acceptors (Lipinski definition) is 4. The van der Waals surface area contributed by atoms with Crippen molar-refractivity contribution in [3.8, 4) is 0 Å². The third kappa shape index (κ3) is 3.01. The fourth-order valence-corrected chi connectivity index (χ4v) is 3.05. The Hall–Kier alpha value is -2.70. The van der Waals surface area contributed by atoms with Gasteiger partial charge in [-0.25, -0.2) is 4.68 Å². The smallest absolute Gasteiger partial charge is 0.254 e. The average molecular weight is 340 g/mol. The largest absolute Gasteiger partial charge is 0.332 e. The van der Waals surface area contributed by atoms with Crippen LogP contribution in [0.5, 0.6) is 0 Å². The second kappa shape index (κ2) is 6.31. The Morgan fingerprint density at radius 3 is 2.52 bits per heavy atom. The number of fused-ring (bicyclic) bond motifs is 1. The van der Waals surface area contributed by atoms with Crippen LogP contribution in [0.3, 0.4) is 0 Å². The molecule has 0 bridgehead atoms. The van der Waals surface area contributed by atoms with Gasteiger partial charge < -0.3 is 4.90 Å². The van der Waals surface area contributed by atoms with Crippen molar-refractivity contribution in [3.63, 3.8) is 0 Å². The molecule has 2 heterocycles. The lowest BCUT2D eigenvalue weighted by molar-refractivity contribution is 0.0690. The Balaban J connectivity index is 1.94. The first-order valence-corrected chi connectivity index (χ1v) is 8.39. The maximum atomic E-state index is 13.1. The molecule has 2 aromatic heterocycles. The molecule has 7 nitrogen and oxygen atoms in total. The summed E-state index contributed by atoms with van der Waals surface area (Å²) in [6, 6.07) is 5.61. The molecular formula is C18H24N6O. The van der Waals surface area contributed by atoms with E-state index in [0.717, 1.165) is 28.0 Å². The molecule has 0 saturated carbocycles. The first-order chi connectivity index (χ1) is 11.8. The number of aryl methyl sites for hydroxylation is 3. The third-order valence-electron chi connectivity index (χ3n) is 4.73. The van der Waals surface area contributed by atoms with E-state index in [1.54, 1.807) is 4.68 Å². The van der Waals surface area contributed by atoms with E-state index in [0.29, 0.717) is 12.1 Å². The summed E-state index contributed by atoms with van der Waals surface area (Å²) in [6.07, 6.45) is 0. The SMILES string of the molecule is Cc1nn(C)c(C)c1CN(C(=O)c1ccc2c(c1)nnn2C)C(C)C. The van der Waals surface area contributed by atoms with Crippen LogP contribution in [0.4, 0.5) is 0 Å². The molecule has 25 heavy (non-hydrogen) atoms. The monoisotopic (exact) mass is 340 g/mol. The van der Waals surface area contributed by atoms with Gasteiger partial charge >= 0.3 is 0 Å². The van der Waals surface area contributed by atoms with E-state index >= 15 is 0 Å². The number of carbonyl (C=O) groups is 1. The van der Waals surface area contributed by atoms with Crippen LogP contribution >= 0.6 is 0 Å². The zero-order chi connectivity index (χ0) is 18.3. The Kier molecular flexibility index (Phi) is 4.32. The lowest BCUT2D eigenvalue weighted by Crippen LogP contribution is -2.36. The van der Waals surface area contributed by atoms with E-state index in [-0.39, 0.29) is 11.9 Å². The summed E-state index contributed by atoms with van der Waals surface area (Å²) in [5.41, 5.74) is 5.41. The summed E-state index contributed by atoms with van der Waals surface area (Å²) in [5, 5.41) is 12.6. The summed E-state index contributed by atoms with van der Waals surface area (Å²) < 4.78 is 3.56. The van der Waals surface area contributed by atoms with Crippen molar-refractivity contribution in [2.75, 3.05) is 0 Å². The van der Waals surface area contributed by atoms with E-state index in [1.807, 2.05) is 69.6 Å². The lowest BCUT2D eigenvalue weighted by atomic mass is 10.1. The Labute approximate surface area is 147 Å². The van der Waals surface area contributed by atoms with E-state index in [2.05, 4.69) is 15.4 Å². The normalized spacial score (nSPS) is 11.5. The van der Waals surface area contributed by atoms with E-state index in [4.69, 9.17) is 0 Å². The van der Waals surface area contributed by atoms with Crippen molar-refractivity contribution in [2.24, 2.45) is 14.1 Å². The molecule has 0 atom stereocenters. The predicted molar refractivity (Wildman–Crippen MR) is 96.2 cm³/mol. The molecular weight excluding hydrogens is 316 g/mol. The van der Waals surface area contributed by atoms with Crippen molar-refractivity contribution in [3.05, 3.63) is 40.7 Å². The summed E-state index contributed by atoms with van der Waals surface area (Å²) in [5.74, 6) is -0.00907. The molecule has 0 N–H and O–H groups in total. The van der Waals surface area contributed by atoms with Crippen molar-refractivity contribution in [2.45, 2.75) is 40.3 Å². The molecule has 0 spiro atoms. The van der Waals surface area contributed by atoms with Crippen molar-refractivity contribution in [1.29, 1.82) is 0 Å². The summed E-state index contributed by atoms with van der Waals surface area (Å²) in [7, 11) is 3.76. The summed E-state index contributed by atoms with van der Waals surface area (Å²) in [4.78, 5) is 15.0. The van der Waals surface area contributed by atoms with Crippen LogP contribution < -0.4 is 0 Å². The zero-order valence-corrected chi connectivity index (χ0v) is 15.6. The van der Waals surface area contributed by atoms with Gasteiger partial charge in [0, 0.05) is 43.5 Å². The average Bonchev–Trinajstić information content (AvgIpc) is 3.05. The van der Waals surface area contributed by atoms with E-state index in [1.165, 1.54) is 0 Å². The highest BCUT2D eigenvalue weighted by Crippen LogP contribution is 2.20. The molecule has 3 rings (SSSR count). The summed E-state index contributed by atoms with van der Waals surface area (Å²) in [6.45, 7) is 8.61. The molecule has 0 aliphatic rings. The minimum atomic E-state index is -0.00907. The molecule has 0 fully saturated rings. The number of amides is 1. The van der Waals surface area contributed by atoms with Gasteiger partial charge in [0.15, 0.2) is 0 Å². The minimum Gasteiger partial charge on any atom is -0.332 e. The molecule has 3 aromatic rings. The highest BCUT2D eigenvalue weighted by atomic mass is 16.2. The van der Waals surface area contributed by atoms with Crippen LogP contribution in [-0.2, 0) is 20.6 Å². The Morgan fingerprint density at radius 2 is 1.92 bits per heavy atom. The molecule has 1 amide bonds. The van der Waals surface area contributed by atoms with Crippen LogP contribution in [0.1, 0.15) is 41.2 Å². The van der Waals surface area contributed by atoms with E-state index < -0.39 is 0 Å². The first-order valence-electron chi connectivity index (χ1n) is 8.39. The van der Waals surface area contributed by atoms with Gasteiger partial charge in [-0.05, 0) is 45.9 Å². The van der Waals surface area contributed by atoms with Crippen LogP contribution in [-0.4, -0.2) is 41.6 Å². The molecule has 0 aliphatic carbocycles.